The fraction of sp³-hybridized carbons (Fsp3) is 0.200. The van der Waals surface area contributed by atoms with Crippen LogP contribution in [0.1, 0.15) is 25.0 Å². The molecule has 134 valence electrons. The number of esters is 2. The van der Waals surface area contributed by atoms with Crippen molar-refractivity contribution < 1.29 is 28.2 Å². The summed E-state index contributed by atoms with van der Waals surface area (Å²) >= 11 is 0. The highest BCUT2D eigenvalue weighted by atomic mass is 19.1. The van der Waals surface area contributed by atoms with Crippen molar-refractivity contribution in [1.82, 2.24) is 0 Å². The van der Waals surface area contributed by atoms with Crippen LogP contribution in [-0.4, -0.2) is 17.7 Å². The van der Waals surface area contributed by atoms with Gasteiger partial charge in [0, 0.05) is 19.9 Å². The van der Waals surface area contributed by atoms with Crippen LogP contribution in [0.15, 0.2) is 54.1 Å². The van der Waals surface area contributed by atoms with E-state index in [0.717, 1.165) is 5.56 Å². The molecule has 2 aromatic carbocycles. The van der Waals surface area contributed by atoms with Gasteiger partial charge in [0.25, 0.3) is 5.79 Å². The third-order valence-corrected chi connectivity index (χ3v) is 3.61. The van der Waals surface area contributed by atoms with Crippen LogP contribution in [-0.2, 0) is 25.7 Å². The minimum absolute atomic E-state index is 0.159. The highest BCUT2D eigenvalue weighted by Crippen LogP contribution is 2.24. The Morgan fingerprint density at radius 2 is 1.69 bits per heavy atom. The van der Waals surface area contributed by atoms with Gasteiger partial charge in [-0.15, -0.1) is 0 Å². The molecule has 1 heterocycles. The summed E-state index contributed by atoms with van der Waals surface area (Å²) in [6.07, 6.45) is 1.41. The lowest BCUT2D eigenvalue weighted by atomic mass is 10.1. The molecule has 1 aliphatic heterocycles. The monoisotopic (exact) mass is 356 g/mol. The van der Waals surface area contributed by atoms with Gasteiger partial charge in [-0.25, -0.2) is 14.0 Å². The van der Waals surface area contributed by atoms with Crippen molar-refractivity contribution in [1.29, 1.82) is 0 Å². The number of rotatable bonds is 4. The zero-order valence-corrected chi connectivity index (χ0v) is 14.3. The summed E-state index contributed by atoms with van der Waals surface area (Å²) in [5, 5.41) is 0. The first-order valence-corrected chi connectivity index (χ1v) is 7.98. The van der Waals surface area contributed by atoms with E-state index in [0.29, 0.717) is 11.3 Å². The maximum absolute atomic E-state index is 13.1. The Hall–Kier alpha value is -3.15. The van der Waals surface area contributed by atoms with E-state index in [1.54, 1.807) is 36.4 Å². The number of carbonyl (C=O) groups excluding carboxylic acids is 2. The number of hydrogen-bond acceptors (Lipinski definition) is 5. The molecule has 0 amide bonds. The molecule has 0 unspecified atom stereocenters. The molecule has 0 aromatic heterocycles. The third kappa shape index (κ3) is 4.27. The quantitative estimate of drug-likeness (QED) is 0.476. The summed E-state index contributed by atoms with van der Waals surface area (Å²) in [6.45, 7) is 3.25. The second-order valence-electron chi connectivity index (χ2n) is 6.22. The van der Waals surface area contributed by atoms with Crippen LogP contribution < -0.4 is 4.74 Å². The highest BCUT2D eigenvalue weighted by molar-refractivity contribution is 6.18. The van der Waals surface area contributed by atoms with Crippen LogP contribution in [0, 0.1) is 5.82 Å². The van der Waals surface area contributed by atoms with Crippen LogP contribution in [0.25, 0.3) is 6.08 Å². The van der Waals surface area contributed by atoms with Gasteiger partial charge in [0.15, 0.2) is 0 Å². The first kappa shape index (κ1) is 17.7. The molecule has 6 heteroatoms. The second kappa shape index (κ2) is 7.00. The molecule has 26 heavy (non-hydrogen) atoms. The molecule has 0 atom stereocenters. The summed E-state index contributed by atoms with van der Waals surface area (Å²) in [5.74, 6) is -2.62. The van der Waals surface area contributed by atoms with Gasteiger partial charge in [0.1, 0.15) is 23.7 Å². The number of benzene rings is 2. The molecule has 1 aliphatic rings. The Morgan fingerprint density at radius 1 is 1.04 bits per heavy atom. The van der Waals surface area contributed by atoms with Gasteiger partial charge in [0.2, 0.25) is 0 Å². The number of ether oxygens (including phenoxy) is 3. The SMILES string of the molecule is CC1(C)OC(=O)C(=Cc2ccc(COc3cccc(F)c3)cc2)C(=O)O1. The van der Waals surface area contributed by atoms with Crippen molar-refractivity contribution in [2.45, 2.75) is 26.2 Å². The van der Waals surface area contributed by atoms with Crippen molar-refractivity contribution in [2.24, 2.45) is 0 Å². The van der Waals surface area contributed by atoms with Crippen LogP contribution in [0.3, 0.4) is 0 Å². The number of carbonyl (C=O) groups is 2. The first-order valence-electron chi connectivity index (χ1n) is 7.98. The van der Waals surface area contributed by atoms with Gasteiger partial charge < -0.3 is 14.2 Å². The Balaban J connectivity index is 1.68. The van der Waals surface area contributed by atoms with Crippen molar-refractivity contribution in [3.8, 4) is 5.75 Å². The zero-order valence-electron chi connectivity index (χ0n) is 14.3. The van der Waals surface area contributed by atoms with E-state index < -0.39 is 17.7 Å². The Labute approximate surface area is 150 Å². The molecule has 1 saturated heterocycles. The summed E-state index contributed by atoms with van der Waals surface area (Å²) in [4.78, 5) is 23.9. The normalized spacial score (nSPS) is 15.9. The van der Waals surface area contributed by atoms with Crippen molar-refractivity contribution in [3.05, 3.63) is 71.0 Å². The molecular weight excluding hydrogens is 339 g/mol. The minimum Gasteiger partial charge on any atom is -0.489 e. The zero-order chi connectivity index (χ0) is 18.7. The fourth-order valence-electron chi connectivity index (χ4n) is 2.38. The van der Waals surface area contributed by atoms with Crippen LogP contribution >= 0.6 is 0 Å². The van der Waals surface area contributed by atoms with Gasteiger partial charge in [-0.3, -0.25) is 0 Å². The van der Waals surface area contributed by atoms with E-state index in [2.05, 4.69) is 0 Å². The average molecular weight is 356 g/mol. The smallest absolute Gasteiger partial charge is 0.348 e. The van der Waals surface area contributed by atoms with E-state index in [4.69, 9.17) is 14.2 Å². The summed E-state index contributed by atoms with van der Waals surface area (Å²) in [6, 6.07) is 12.9. The highest BCUT2D eigenvalue weighted by Gasteiger charge is 2.38. The Kier molecular flexibility index (Phi) is 4.75. The van der Waals surface area contributed by atoms with Crippen molar-refractivity contribution >= 4 is 18.0 Å². The lowest BCUT2D eigenvalue weighted by Gasteiger charge is -2.29. The summed E-state index contributed by atoms with van der Waals surface area (Å²) < 4.78 is 28.7. The second-order valence-corrected chi connectivity index (χ2v) is 6.22. The van der Waals surface area contributed by atoms with E-state index in [-0.39, 0.29) is 18.0 Å². The Morgan fingerprint density at radius 3 is 2.31 bits per heavy atom. The molecule has 3 rings (SSSR count). The molecule has 0 aliphatic carbocycles. The fourth-order valence-corrected chi connectivity index (χ4v) is 2.38. The minimum atomic E-state index is -1.26. The number of hydrogen-bond donors (Lipinski definition) is 0. The van der Waals surface area contributed by atoms with Gasteiger partial charge in [-0.1, -0.05) is 30.3 Å². The topological polar surface area (TPSA) is 61.8 Å². The van der Waals surface area contributed by atoms with Gasteiger partial charge in [0.05, 0.1) is 0 Å². The predicted octanol–water partition coefficient (Wildman–Crippen LogP) is 3.62. The maximum Gasteiger partial charge on any atom is 0.348 e. The molecule has 1 fully saturated rings. The maximum atomic E-state index is 13.1. The molecule has 0 saturated carbocycles. The largest absolute Gasteiger partial charge is 0.489 e. The molecule has 0 spiro atoms. The molecule has 0 bridgehead atoms. The van der Waals surface area contributed by atoms with Crippen LogP contribution in [0.4, 0.5) is 4.39 Å². The summed E-state index contributed by atoms with van der Waals surface area (Å²) in [5.41, 5.74) is 1.34. The van der Waals surface area contributed by atoms with Crippen LogP contribution in [0.5, 0.6) is 5.75 Å². The lowest BCUT2D eigenvalue weighted by molar-refractivity contribution is -0.222. The number of cyclic esters (lactones) is 2. The summed E-state index contributed by atoms with van der Waals surface area (Å²) in [7, 11) is 0. The predicted molar refractivity (Wildman–Crippen MR) is 91.4 cm³/mol. The molecule has 5 nitrogen and oxygen atoms in total. The van der Waals surface area contributed by atoms with E-state index >= 15 is 0 Å². The number of halogens is 1. The standard InChI is InChI=1S/C20H17FO5/c1-20(2)25-18(22)17(19(23)26-20)10-13-6-8-14(9-7-13)12-24-16-5-3-4-15(21)11-16/h3-11H,12H2,1-2H3. The van der Waals surface area contributed by atoms with Crippen molar-refractivity contribution in [2.75, 3.05) is 0 Å². The Bertz CT molecular complexity index is 846. The van der Waals surface area contributed by atoms with Crippen LogP contribution in [0.2, 0.25) is 0 Å². The molecule has 2 aromatic rings. The van der Waals surface area contributed by atoms with Gasteiger partial charge in [-0.2, -0.15) is 0 Å². The molecule has 0 radical (unpaired) electrons. The first-order chi connectivity index (χ1) is 12.3. The average Bonchev–Trinajstić information content (AvgIpc) is 2.57. The lowest BCUT2D eigenvalue weighted by Crippen LogP contribution is -2.41. The van der Waals surface area contributed by atoms with Crippen molar-refractivity contribution in [3.63, 3.8) is 0 Å². The van der Waals surface area contributed by atoms with Gasteiger partial charge >= 0.3 is 11.9 Å². The molecular formula is C20H17FO5. The van der Waals surface area contributed by atoms with Gasteiger partial charge in [-0.05, 0) is 29.3 Å². The third-order valence-electron chi connectivity index (χ3n) is 3.61. The van der Waals surface area contributed by atoms with E-state index in [1.165, 1.54) is 32.1 Å². The van der Waals surface area contributed by atoms with E-state index in [9.17, 15) is 14.0 Å². The van der Waals surface area contributed by atoms with E-state index in [1.807, 2.05) is 0 Å². The molecule has 0 N–H and O–H groups in total.